The number of nitrogens with one attached hydrogen (secondary N) is 1. The summed E-state index contributed by atoms with van der Waals surface area (Å²) in [7, 11) is 0. The summed E-state index contributed by atoms with van der Waals surface area (Å²) in [4.78, 5) is 24.7. The van der Waals surface area contributed by atoms with E-state index in [2.05, 4.69) is 5.32 Å². The number of rotatable bonds is 4. The number of ether oxygens (including phenoxy) is 1. The normalized spacial score (nSPS) is 10.4. The van der Waals surface area contributed by atoms with Crippen LogP contribution in [0, 0.1) is 13.8 Å². The number of thiophene rings is 1. The summed E-state index contributed by atoms with van der Waals surface area (Å²) >= 11 is 1.37. The Labute approximate surface area is 142 Å². The summed E-state index contributed by atoms with van der Waals surface area (Å²) in [6.45, 7) is 3.49. The monoisotopic (exact) mass is 341 g/mol. The smallest absolute Gasteiger partial charge is 0.347 e. The molecular weight excluding hydrogens is 326 g/mol. The highest BCUT2D eigenvalue weighted by atomic mass is 32.1. The number of aryl methyl sites for hydroxylation is 2. The molecule has 0 aliphatic rings. The SMILES string of the molecule is Cc1cc(C(=O)Oc2ccc(NC(=O)c3cccs3)cc2)c(C)o1. The van der Waals surface area contributed by atoms with E-state index in [1.54, 1.807) is 50.2 Å². The van der Waals surface area contributed by atoms with Gasteiger partial charge in [-0.3, -0.25) is 4.79 Å². The van der Waals surface area contributed by atoms with Crippen molar-refractivity contribution in [1.82, 2.24) is 0 Å². The Balaban J connectivity index is 1.65. The molecule has 0 aliphatic heterocycles. The molecule has 0 atom stereocenters. The Hall–Kier alpha value is -2.86. The molecule has 0 spiro atoms. The largest absolute Gasteiger partial charge is 0.466 e. The maximum atomic E-state index is 12.1. The van der Waals surface area contributed by atoms with Gasteiger partial charge in [-0.2, -0.15) is 0 Å². The zero-order valence-corrected chi connectivity index (χ0v) is 14.0. The van der Waals surface area contributed by atoms with Crippen LogP contribution in [0.15, 0.2) is 52.3 Å². The third kappa shape index (κ3) is 3.55. The van der Waals surface area contributed by atoms with Crippen LogP contribution in [0.3, 0.4) is 0 Å². The molecule has 0 saturated carbocycles. The fraction of sp³-hybridized carbons (Fsp3) is 0.111. The molecule has 0 unspecified atom stereocenters. The van der Waals surface area contributed by atoms with Crippen molar-refractivity contribution < 1.29 is 18.7 Å². The first kappa shape index (κ1) is 16.0. The Bertz CT molecular complexity index is 863. The lowest BCUT2D eigenvalue weighted by molar-refractivity contribution is 0.0732. The van der Waals surface area contributed by atoms with E-state index in [1.165, 1.54) is 11.3 Å². The molecule has 0 aliphatic carbocycles. The number of furan rings is 1. The van der Waals surface area contributed by atoms with Crippen molar-refractivity contribution >= 4 is 28.9 Å². The van der Waals surface area contributed by atoms with Crippen LogP contribution in [-0.2, 0) is 0 Å². The molecule has 2 heterocycles. The Kier molecular flexibility index (Phi) is 4.48. The highest BCUT2D eigenvalue weighted by molar-refractivity contribution is 7.12. The van der Waals surface area contributed by atoms with E-state index >= 15 is 0 Å². The third-order valence-corrected chi connectivity index (χ3v) is 4.20. The van der Waals surface area contributed by atoms with Gasteiger partial charge < -0.3 is 14.5 Å². The first-order valence-electron chi connectivity index (χ1n) is 7.27. The van der Waals surface area contributed by atoms with Crippen LogP contribution in [0.1, 0.15) is 31.6 Å². The van der Waals surface area contributed by atoms with Crippen LogP contribution >= 0.6 is 11.3 Å². The van der Waals surface area contributed by atoms with Gasteiger partial charge in [0.2, 0.25) is 0 Å². The molecule has 0 bridgehead atoms. The molecule has 6 heteroatoms. The minimum Gasteiger partial charge on any atom is -0.466 e. The van der Waals surface area contributed by atoms with Crippen LogP contribution in [-0.4, -0.2) is 11.9 Å². The van der Waals surface area contributed by atoms with E-state index < -0.39 is 5.97 Å². The standard InChI is InChI=1S/C18H15NO4S/c1-11-10-15(12(2)22-11)18(21)23-14-7-5-13(6-8-14)19-17(20)16-4-3-9-24-16/h3-10H,1-2H3,(H,19,20). The highest BCUT2D eigenvalue weighted by Crippen LogP contribution is 2.20. The molecule has 1 N–H and O–H groups in total. The van der Waals surface area contributed by atoms with Crippen molar-refractivity contribution in [1.29, 1.82) is 0 Å². The first-order valence-corrected chi connectivity index (χ1v) is 8.15. The summed E-state index contributed by atoms with van der Waals surface area (Å²) in [5.41, 5.74) is 1.03. The third-order valence-electron chi connectivity index (χ3n) is 3.33. The lowest BCUT2D eigenvalue weighted by atomic mass is 10.2. The zero-order valence-electron chi connectivity index (χ0n) is 13.2. The van der Waals surface area contributed by atoms with Crippen molar-refractivity contribution in [3.8, 4) is 5.75 Å². The lowest BCUT2D eigenvalue weighted by Gasteiger charge is -2.06. The number of hydrogen-bond acceptors (Lipinski definition) is 5. The van der Waals surface area contributed by atoms with Crippen molar-refractivity contribution in [2.75, 3.05) is 5.32 Å². The molecule has 122 valence electrons. The van der Waals surface area contributed by atoms with Gasteiger partial charge in [0.05, 0.1) is 4.88 Å². The van der Waals surface area contributed by atoms with Gasteiger partial charge in [0.1, 0.15) is 22.8 Å². The fourth-order valence-corrected chi connectivity index (χ4v) is 2.82. The topological polar surface area (TPSA) is 68.5 Å². The van der Waals surface area contributed by atoms with Crippen LogP contribution in [0.5, 0.6) is 5.75 Å². The fourth-order valence-electron chi connectivity index (χ4n) is 2.20. The first-order chi connectivity index (χ1) is 11.5. The Morgan fingerprint density at radius 1 is 1.12 bits per heavy atom. The second-order valence-electron chi connectivity index (χ2n) is 5.17. The van der Waals surface area contributed by atoms with E-state index in [0.29, 0.717) is 33.4 Å². The molecule has 1 aromatic carbocycles. The van der Waals surface area contributed by atoms with E-state index in [-0.39, 0.29) is 5.91 Å². The molecule has 3 rings (SSSR count). The number of anilines is 1. The minimum absolute atomic E-state index is 0.167. The van der Waals surface area contributed by atoms with E-state index in [9.17, 15) is 9.59 Å². The van der Waals surface area contributed by atoms with Crippen LogP contribution < -0.4 is 10.1 Å². The van der Waals surface area contributed by atoms with Crippen LogP contribution in [0.2, 0.25) is 0 Å². The number of hydrogen-bond donors (Lipinski definition) is 1. The van der Waals surface area contributed by atoms with Crippen molar-refractivity contribution in [2.24, 2.45) is 0 Å². The summed E-state index contributed by atoms with van der Waals surface area (Å²) in [6, 6.07) is 11.8. The van der Waals surface area contributed by atoms with E-state index in [4.69, 9.17) is 9.15 Å². The zero-order chi connectivity index (χ0) is 17.1. The Morgan fingerprint density at radius 3 is 2.46 bits per heavy atom. The average Bonchev–Trinajstić information content (AvgIpc) is 3.19. The second kappa shape index (κ2) is 6.72. The van der Waals surface area contributed by atoms with Crippen LogP contribution in [0.25, 0.3) is 0 Å². The maximum Gasteiger partial charge on any atom is 0.347 e. The van der Waals surface area contributed by atoms with Crippen LogP contribution in [0.4, 0.5) is 5.69 Å². The lowest BCUT2D eigenvalue weighted by Crippen LogP contribution is -2.10. The summed E-state index contributed by atoms with van der Waals surface area (Å²) in [6.07, 6.45) is 0. The Morgan fingerprint density at radius 2 is 1.88 bits per heavy atom. The highest BCUT2D eigenvalue weighted by Gasteiger charge is 2.16. The second-order valence-corrected chi connectivity index (χ2v) is 6.12. The summed E-state index contributed by atoms with van der Waals surface area (Å²) in [5.74, 6) is 0.940. The number of carbonyl (C=O) groups is 2. The molecule has 0 saturated heterocycles. The maximum absolute atomic E-state index is 12.1. The van der Waals surface area contributed by atoms with Gasteiger partial charge in [-0.15, -0.1) is 11.3 Å². The van der Waals surface area contributed by atoms with Gasteiger partial charge >= 0.3 is 5.97 Å². The molecule has 24 heavy (non-hydrogen) atoms. The van der Waals surface area contributed by atoms with Gasteiger partial charge in [0, 0.05) is 5.69 Å². The predicted molar refractivity (Wildman–Crippen MR) is 91.9 cm³/mol. The van der Waals surface area contributed by atoms with Gasteiger partial charge in [0.15, 0.2) is 0 Å². The van der Waals surface area contributed by atoms with Crippen molar-refractivity contribution in [3.63, 3.8) is 0 Å². The van der Waals surface area contributed by atoms with Gasteiger partial charge in [-0.1, -0.05) is 6.07 Å². The molecule has 0 radical (unpaired) electrons. The van der Waals surface area contributed by atoms with Gasteiger partial charge in [-0.05, 0) is 55.6 Å². The number of carbonyl (C=O) groups excluding carboxylic acids is 2. The number of benzene rings is 1. The number of amides is 1. The van der Waals surface area contributed by atoms with Gasteiger partial charge in [0.25, 0.3) is 5.91 Å². The summed E-state index contributed by atoms with van der Waals surface area (Å²) < 4.78 is 10.6. The molecule has 1 amide bonds. The van der Waals surface area contributed by atoms with Crippen molar-refractivity contribution in [2.45, 2.75) is 13.8 Å². The molecule has 3 aromatic rings. The minimum atomic E-state index is -0.472. The van der Waals surface area contributed by atoms with Crippen molar-refractivity contribution in [3.05, 3.63) is 69.8 Å². The quantitative estimate of drug-likeness (QED) is 0.563. The summed E-state index contributed by atoms with van der Waals surface area (Å²) in [5, 5.41) is 4.63. The molecule has 5 nitrogen and oxygen atoms in total. The molecule has 2 aromatic heterocycles. The number of esters is 1. The average molecular weight is 341 g/mol. The molecule has 0 fully saturated rings. The van der Waals surface area contributed by atoms with Gasteiger partial charge in [-0.25, -0.2) is 4.79 Å². The molecular formula is C18H15NO4S. The van der Waals surface area contributed by atoms with E-state index in [1.807, 2.05) is 11.4 Å². The van der Waals surface area contributed by atoms with E-state index in [0.717, 1.165) is 0 Å². The predicted octanol–water partition coefficient (Wildman–Crippen LogP) is 4.43.